The number of methoxy groups -OCH3 is 1. The quantitative estimate of drug-likeness (QED) is 0.349. The number of primary amides is 1. The van der Waals surface area contributed by atoms with Gasteiger partial charge in [0.1, 0.15) is 11.1 Å². The lowest BCUT2D eigenvalue weighted by Crippen LogP contribution is -2.62. The van der Waals surface area contributed by atoms with Crippen LogP contribution in [0.5, 0.6) is 5.75 Å². The van der Waals surface area contributed by atoms with Gasteiger partial charge in [0.25, 0.3) is 11.7 Å². The Labute approximate surface area is 170 Å². The molecule has 0 spiro atoms. The maximum Gasteiger partial charge on any atom is 0.332 e. The van der Waals surface area contributed by atoms with E-state index in [0.717, 1.165) is 0 Å². The normalized spacial score (nSPS) is 17.1. The number of aromatic nitrogens is 2. The third-order valence-electron chi connectivity index (χ3n) is 4.71. The predicted octanol–water partition coefficient (Wildman–Crippen LogP) is -1.12. The van der Waals surface area contributed by atoms with Gasteiger partial charge in [0, 0.05) is 11.9 Å². The van der Waals surface area contributed by atoms with Gasteiger partial charge < -0.3 is 31.2 Å². The van der Waals surface area contributed by atoms with Crippen LogP contribution in [-0.4, -0.2) is 33.5 Å². The van der Waals surface area contributed by atoms with Crippen LogP contribution in [0.4, 0.5) is 5.69 Å². The average Bonchev–Trinajstić information content (AvgIpc) is 3.08. The number of rotatable bonds is 6. The van der Waals surface area contributed by atoms with Crippen LogP contribution in [-0.2, 0) is 11.4 Å². The van der Waals surface area contributed by atoms with Crippen LogP contribution in [0.1, 0.15) is 5.56 Å². The summed E-state index contributed by atoms with van der Waals surface area (Å²) in [5.41, 5.74) is 7.05. The molecule has 0 bridgehead atoms. The molecule has 154 valence electrons. The molecule has 0 saturated heterocycles. The number of aromatic amines is 1. The summed E-state index contributed by atoms with van der Waals surface area (Å²) in [5, 5.41) is 15.6. The van der Waals surface area contributed by atoms with Crippen LogP contribution in [0.2, 0.25) is 0 Å². The lowest BCUT2D eigenvalue weighted by Gasteiger charge is -2.30. The van der Waals surface area contributed by atoms with Crippen molar-refractivity contribution in [3.05, 3.63) is 75.4 Å². The van der Waals surface area contributed by atoms with Crippen molar-refractivity contribution < 1.29 is 14.6 Å². The molecule has 0 aliphatic carbocycles. The van der Waals surface area contributed by atoms with Crippen molar-refractivity contribution in [1.82, 2.24) is 14.9 Å². The van der Waals surface area contributed by atoms with Gasteiger partial charge in [-0.15, -0.1) is 0 Å². The molecule has 4 rings (SSSR count). The number of anilines is 1. The first-order chi connectivity index (χ1) is 14.5. The minimum Gasteiger partial charge on any atom is -0.495 e. The summed E-state index contributed by atoms with van der Waals surface area (Å²) in [6, 6.07) is 13.8. The number of benzene rings is 2. The second-order valence-corrected chi connectivity index (χ2v) is 6.63. The molecular weight excluding hydrogens is 388 g/mol. The maximum atomic E-state index is 12.7. The van der Waals surface area contributed by atoms with E-state index in [0.29, 0.717) is 28.0 Å². The summed E-state index contributed by atoms with van der Waals surface area (Å²) >= 11 is 0. The molecular formula is C20H20N6O4. The van der Waals surface area contributed by atoms with E-state index < -0.39 is 17.4 Å². The Kier molecular flexibility index (Phi) is 4.76. The Balaban J connectivity index is 1.91. The highest BCUT2D eigenvalue weighted by Gasteiger charge is 2.38. The molecule has 10 heteroatoms. The minimum atomic E-state index is -1.75. The topological polar surface area (TPSA) is 147 Å². The first kappa shape index (κ1) is 19.3. The van der Waals surface area contributed by atoms with E-state index in [1.54, 1.807) is 48.5 Å². The van der Waals surface area contributed by atoms with E-state index in [1.807, 2.05) is 0 Å². The summed E-state index contributed by atoms with van der Waals surface area (Å²) in [7, 11) is 1.50. The van der Waals surface area contributed by atoms with Crippen LogP contribution in [0.3, 0.4) is 0 Å². The lowest BCUT2D eigenvalue weighted by molar-refractivity contribution is -0.122. The lowest BCUT2D eigenvalue weighted by atomic mass is 10.2. The molecule has 1 aromatic heterocycles. The Hall–Kier alpha value is -4.05. The van der Waals surface area contributed by atoms with Gasteiger partial charge in [0.2, 0.25) is 0 Å². The fourth-order valence-electron chi connectivity index (χ4n) is 3.27. The van der Waals surface area contributed by atoms with Gasteiger partial charge in [0.05, 0.1) is 19.4 Å². The Morgan fingerprint density at radius 1 is 1.30 bits per heavy atom. The molecule has 2 aromatic carbocycles. The average molecular weight is 408 g/mol. The third kappa shape index (κ3) is 3.18. The SMILES string of the molecule is COc1ccccc1-n1c(=O)[nH]c2c1=NC(Nc1cccc(CO)c1)(C(N)=O)NC=2. The molecule has 10 nitrogen and oxygen atoms in total. The summed E-state index contributed by atoms with van der Waals surface area (Å²) < 4.78 is 6.68. The van der Waals surface area contributed by atoms with Crippen LogP contribution in [0, 0.1) is 0 Å². The highest BCUT2D eigenvalue weighted by molar-refractivity contribution is 5.88. The first-order valence-corrected chi connectivity index (χ1v) is 9.07. The molecule has 0 radical (unpaired) electrons. The second-order valence-electron chi connectivity index (χ2n) is 6.63. The summed E-state index contributed by atoms with van der Waals surface area (Å²) in [4.78, 5) is 32.3. The van der Waals surface area contributed by atoms with Gasteiger partial charge in [-0.3, -0.25) is 4.79 Å². The zero-order chi connectivity index (χ0) is 21.3. The van der Waals surface area contributed by atoms with Crippen LogP contribution >= 0.6 is 0 Å². The zero-order valence-corrected chi connectivity index (χ0v) is 16.0. The van der Waals surface area contributed by atoms with Crippen molar-refractivity contribution in [1.29, 1.82) is 0 Å². The van der Waals surface area contributed by atoms with Gasteiger partial charge in [0.15, 0.2) is 5.49 Å². The molecule has 1 amide bonds. The first-order valence-electron chi connectivity index (χ1n) is 9.07. The number of nitrogens with one attached hydrogen (secondary N) is 3. The highest BCUT2D eigenvalue weighted by atomic mass is 16.5. The molecule has 30 heavy (non-hydrogen) atoms. The molecule has 1 atom stereocenters. The summed E-state index contributed by atoms with van der Waals surface area (Å²) in [5.74, 6) is -2.10. The summed E-state index contributed by atoms with van der Waals surface area (Å²) in [6.07, 6.45) is 1.46. The molecule has 1 aliphatic heterocycles. The number of carbonyl (C=O) groups is 1. The smallest absolute Gasteiger partial charge is 0.332 e. The monoisotopic (exact) mass is 408 g/mol. The number of carbonyl (C=O) groups excluding carboxylic acids is 1. The van der Waals surface area contributed by atoms with Gasteiger partial charge in [-0.1, -0.05) is 24.3 Å². The van der Waals surface area contributed by atoms with Gasteiger partial charge in [-0.25, -0.2) is 14.4 Å². The number of nitrogens with zero attached hydrogens (tertiary/aromatic N) is 2. The van der Waals surface area contributed by atoms with Crippen molar-refractivity contribution in [3.8, 4) is 11.4 Å². The Bertz CT molecular complexity index is 1300. The maximum absolute atomic E-state index is 12.7. The molecule has 1 unspecified atom stereocenters. The van der Waals surface area contributed by atoms with Crippen molar-refractivity contribution >= 4 is 17.8 Å². The van der Waals surface area contributed by atoms with Crippen molar-refractivity contribution in [3.63, 3.8) is 0 Å². The Morgan fingerprint density at radius 2 is 2.10 bits per heavy atom. The number of nitrogens with two attached hydrogens (primary N) is 1. The van der Waals surface area contributed by atoms with E-state index in [1.165, 1.54) is 17.9 Å². The second kappa shape index (κ2) is 7.41. The minimum absolute atomic E-state index is 0.162. The van der Waals surface area contributed by atoms with Crippen molar-refractivity contribution in [2.24, 2.45) is 10.7 Å². The Morgan fingerprint density at radius 3 is 2.83 bits per heavy atom. The number of amides is 1. The van der Waals surface area contributed by atoms with Gasteiger partial charge in [-0.2, -0.15) is 0 Å². The molecule has 0 fully saturated rings. The predicted molar refractivity (Wildman–Crippen MR) is 109 cm³/mol. The summed E-state index contributed by atoms with van der Waals surface area (Å²) in [6.45, 7) is -0.162. The fraction of sp³-hybridized carbons (Fsp3) is 0.150. The molecule has 0 saturated carbocycles. The van der Waals surface area contributed by atoms with Crippen LogP contribution in [0.15, 0.2) is 58.3 Å². The molecule has 6 N–H and O–H groups in total. The fourth-order valence-corrected chi connectivity index (χ4v) is 3.27. The standard InChI is InChI=1S/C20H20N6O4/c1-30-16-8-3-2-7-15(16)26-17-14(23-19(26)29)10-22-20(25-17,18(21)28)24-13-6-4-5-12(9-13)11-27/h2-10,22,24,27H,11H2,1H3,(H2,21,28)(H,23,29). The van der Waals surface area contributed by atoms with E-state index in [-0.39, 0.29) is 12.1 Å². The van der Waals surface area contributed by atoms with Gasteiger partial charge >= 0.3 is 5.69 Å². The number of H-pyrrole nitrogens is 1. The van der Waals surface area contributed by atoms with Gasteiger partial charge in [-0.05, 0) is 29.8 Å². The van der Waals surface area contributed by atoms with E-state index in [4.69, 9.17) is 10.5 Å². The van der Waals surface area contributed by atoms with E-state index >= 15 is 0 Å². The number of hydrogen-bond donors (Lipinski definition) is 5. The third-order valence-corrected chi connectivity index (χ3v) is 4.71. The number of fused-ring (bicyclic) bond motifs is 1. The largest absolute Gasteiger partial charge is 0.495 e. The highest BCUT2D eigenvalue weighted by Crippen LogP contribution is 2.20. The van der Waals surface area contributed by atoms with E-state index in [2.05, 4.69) is 20.6 Å². The van der Waals surface area contributed by atoms with Crippen LogP contribution < -0.4 is 37.6 Å². The van der Waals surface area contributed by atoms with Crippen molar-refractivity contribution in [2.45, 2.75) is 12.4 Å². The van der Waals surface area contributed by atoms with Crippen molar-refractivity contribution in [2.75, 3.05) is 12.4 Å². The number of aliphatic hydroxyl groups is 1. The molecule has 3 aromatic rings. The molecule has 1 aliphatic rings. The van der Waals surface area contributed by atoms with Crippen LogP contribution in [0.25, 0.3) is 11.9 Å². The zero-order valence-electron chi connectivity index (χ0n) is 16.0. The molecule has 2 heterocycles. The number of ether oxygens (including phenoxy) is 1. The number of para-hydroxylation sites is 2. The number of aliphatic hydroxyl groups excluding tert-OH is 1. The van der Waals surface area contributed by atoms with E-state index in [9.17, 15) is 14.7 Å². The number of imidazole rings is 1. The number of hydrogen-bond acceptors (Lipinski definition) is 7.